The maximum Gasteiger partial charge on any atom is 0.0617 e. The normalized spacial score (nSPS) is 17.1. The molecule has 3 aliphatic rings. The zero-order chi connectivity index (χ0) is 46.1. The van der Waals surface area contributed by atoms with E-state index in [1.807, 2.05) is 0 Å². The average molecular weight is 968 g/mol. The van der Waals surface area contributed by atoms with E-state index < -0.39 is 0 Å². The number of anilines is 2. The standard InChI is InChI=1S/C61H66IN3/c1-57(2,3)35-15-20-40(21-16-35)63(41-22-17-36(18-23-41)58(4,5)6)42-24-25-43-47-28-38(60(10,11)12)29-48-45-33-53-46(34-54(45)65(55(47)48)52(43)32-42)50-31-39(61(13,14)62)30-49-44-27-37(59(7,8)9)19-26-51(44)64(53)56(49)50/h15-17,19-22,24-32,34,45H,18,23,33H2,1-14H3. The molecule has 0 saturated heterocycles. The first-order valence-corrected chi connectivity index (χ1v) is 25.2. The fourth-order valence-corrected chi connectivity index (χ4v) is 11.7. The van der Waals surface area contributed by atoms with Crippen molar-refractivity contribution in [3.05, 3.63) is 147 Å². The van der Waals surface area contributed by atoms with Crippen molar-refractivity contribution in [2.24, 2.45) is 5.41 Å². The van der Waals surface area contributed by atoms with Crippen molar-refractivity contribution in [2.75, 3.05) is 4.90 Å². The highest BCUT2D eigenvalue weighted by atomic mass is 127. The molecule has 0 saturated carbocycles. The Morgan fingerprint density at radius 2 is 1.14 bits per heavy atom. The van der Waals surface area contributed by atoms with Crippen molar-refractivity contribution in [3.63, 3.8) is 0 Å². The van der Waals surface area contributed by atoms with Crippen LogP contribution >= 0.6 is 22.6 Å². The Morgan fingerprint density at radius 1 is 0.523 bits per heavy atom. The van der Waals surface area contributed by atoms with Gasteiger partial charge < -0.3 is 13.9 Å². The minimum atomic E-state index is -0.0187. The topological polar surface area (TPSA) is 12.6 Å². The second-order valence-corrected chi connectivity index (χ2v) is 27.1. The summed E-state index contributed by atoms with van der Waals surface area (Å²) in [5, 5.41) is 6.85. The summed E-state index contributed by atoms with van der Waals surface area (Å²) in [7, 11) is 0. The molecule has 1 atom stereocenters. The van der Waals surface area contributed by atoms with Crippen LogP contribution in [0.3, 0.4) is 0 Å². The summed E-state index contributed by atoms with van der Waals surface area (Å²) in [5.74, 6) is 0.251. The van der Waals surface area contributed by atoms with E-state index >= 15 is 0 Å². The molecule has 4 heteroatoms. The second-order valence-electron chi connectivity index (χ2n) is 24.4. The number of aromatic nitrogens is 2. The number of hydrogen-bond donors (Lipinski definition) is 0. The Morgan fingerprint density at radius 3 is 1.77 bits per heavy atom. The summed E-state index contributed by atoms with van der Waals surface area (Å²) in [6.45, 7) is 32.8. The van der Waals surface area contributed by atoms with E-state index in [4.69, 9.17) is 0 Å². The lowest BCUT2D eigenvalue weighted by molar-refractivity contribution is 0.479. The molecule has 332 valence electrons. The van der Waals surface area contributed by atoms with E-state index in [1.54, 1.807) is 0 Å². The molecule has 0 radical (unpaired) electrons. The van der Waals surface area contributed by atoms with Crippen molar-refractivity contribution >= 4 is 94.7 Å². The average Bonchev–Trinajstić information content (AvgIpc) is 3.94. The van der Waals surface area contributed by atoms with Gasteiger partial charge in [0.05, 0.1) is 22.1 Å². The van der Waals surface area contributed by atoms with Gasteiger partial charge in [0.1, 0.15) is 0 Å². The van der Waals surface area contributed by atoms with Crippen molar-refractivity contribution in [2.45, 2.75) is 142 Å². The Kier molecular flexibility index (Phi) is 9.14. The van der Waals surface area contributed by atoms with Gasteiger partial charge in [-0.2, -0.15) is 0 Å². The van der Waals surface area contributed by atoms with Crippen LogP contribution in [0.2, 0.25) is 0 Å². The number of allylic oxidation sites excluding steroid dienone is 5. The molecule has 65 heavy (non-hydrogen) atoms. The zero-order valence-electron chi connectivity index (χ0n) is 41.2. The smallest absolute Gasteiger partial charge is 0.0617 e. The summed E-state index contributed by atoms with van der Waals surface area (Å²) in [5.41, 5.74) is 22.3. The molecule has 0 bridgehead atoms. The van der Waals surface area contributed by atoms with Crippen LogP contribution in [0.15, 0.2) is 108 Å². The van der Waals surface area contributed by atoms with E-state index in [0.29, 0.717) is 0 Å². The molecule has 1 unspecified atom stereocenters. The number of benzene rings is 5. The fourth-order valence-electron chi connectivity index (χ4n) is 11.4. The highest BCUT2D eigenvalue weighted by Gasteiger charge is 2.39. The lowest BCUT2D eigenvalue weighted by Gasteiger charge is -2.33. The lowest BCUT2D eigenvalue weighted by Crippen LogP contribution is -2.20. The van der Waals surface area contributed by atoms with E-state index in [2.05, 4.69) is 237 Å². The molecular weight excluding hydrogens is 902 g/mol. The van der Waals surface area contributed by atoms with Crippen molar-refractivity contribution in [3.8, 4) is 0 Å². The molecule has 2 aliphatic carbocycles. The van der Waals surface area contributed by atoms with Crippen LogP contribution in [0.25, 0.3) is 60.8 Å². The molecule has 8 aromatic rings. The number of halogens is 1. The quantitative estimate of drug-likeness (QED) is 0.126. The van der Waals surface area contributed by atoms with Crippen LogP contribution in [-0.4, -0.2) is 8.97 Å². The fraction of sp³-hybridized carbons (Fsp3) is 0.377. The molecule has 0 fully saturated rings. The van der Waals surface area contributed by atoms with Crippen LogP contribution < -0.4 is 4.90 Å². The lowest BCUT2D eigenvalue weighted by atomic mass is 9.80. The van der Waals surface area contributed by atoms with Crippen LogP contribution in [0.1, 0.15) is 155 Å². The number of nitrogens with zero attached hydrogens (tertiary/aromatic N) is 3. The van der Waals surface area contributed by atoms with E-state index in [0.717, 1.165) is 19.3 Å². The first-order valence-electron chi connectivity index (χ1n) is 24.1. The highest BCUT2D eigenvalue weighted by Crippen LogP contribution is 2.55. The Bertz CT molecular complexity index is 3400. The van der Waals surface area contributed by atoms with Crippen molar-refractivity contribution in [1.82, 2.24) is 8.97 Å². The molecule has 4 heterocycles. The highest BCUT2D eigenvalue weighted by molar-refractivity contribution is 14.1. The number of hydrogen-bond acceptors (Lipinski definition) is 1. The molecule has 1 aliphatic heterocycles. The molecule has 3 aromatic heterocycles. The maximum atomic E-state index is 2.68. The predicted molar refractivity (Wildman–Crippen MR) is 290 cm³/mol. The van der Waals surface area contributed by atoms with E-state index in [-0.39, 0.29) is 31.0 Å². The van der Waals surface area contributed by atoms with Gasteiger partial charge in [-0.25, -0.2) is 0 Å². The molecule has 0 amide bonds. The third-order valence-corrected chi connectivity index (χ3v) is 16.0. The summed E-state index contributed by atoms with van der Waals surface area (Å²) >= 11 is 2.64. The second kappa shape index (κ2) is 13.9. The van der Waals surface area contributed by atoms with Gasteiger partial charge in [0.2, 0.25) is 0 Å². The summed E-state index contributed by atoms with van der Waals surface area (Å²) in [6, 6.07) is 34.1. The van der Waals surface area contributed by atoms with Gasteiger partial charge in [0.25, 0.3) is 0 Å². The van der Waals surface area contributed by atoms with Crippen LogP contribution in [0.5, 0.6) is 0 Å². The number of alkyl halides is 1. The first kappa shape index (κ1) is 42.8. The third kappa shape index (κ3) is 6.61. The van der Waals surface area contributed by atoms with E-state index in [9.17, 15) is 0 Å². The van der Waals surface area contributed by atoms with Crippen LogP contribution in [0.4, 0.5) is 11.4 Å². The van der Waals surface area contributed by atoms with Gasteiger partial charge in [-0.3, -0.25) is 0 Å². The molecule has 3 nitrogen and oxygen atoms in total. The number of rotatable bonds is 4. The summed E-state index contributed by atoms with van der Waals surface area (Å²) in [6.07, 6.45) is 10.4. The Balaban J connectivity index is 1.17. The maximum absolute atomic E-state index is 2.68. The molecule has 0 spiro atoms. The minimum absolute atomic E-state index is 0.00725. The molecule has 11 rings (SSSR count). The minimum Gasteiger partial charge on any atom is -0.314 e. The van der Waals surface area contributed by atoms with Gasteiger partial charge in [-0.1, -0.05) is 148 Å². The SMILES string of the molecule is CC(C)(C)C1=CC=C(N(c2ccc(C(C)(C)C)cc2)c2ccc3c4cc(C(C)(C)C)cc5c4n(c3c2)C2=Cc3c(n4c6ccc(C(C)(C)C)cc6c6cc(C(C)(C)I)cc3c64)CC25)CC1. The monoisotopic (exact) mass is 967 g/mol. The van der Waals surface area contributed by atoms with Gasteiger partial charge in [0.15, 0.2) is 0 Å². The zero-order valence-corrected chi connectivity index (χ0v) is 43.4. The first-order chi connectivity index (χ1) is 30.4. The summed E-state index contributed by atoms with van der Waals surface area (Å²) in [4.78, 5) is 2.55. The molecular formula is C61H66IN3. The van der Waals surface area contributed by atoms with E-state index in [1.165, 1.54) is 116 Å². The van der Waals surface area contributed by atoms with Gasteiger partial charge >= 0.3 is 0 Å². The van der Waals surface area contributed by atoms with Crippen molar-refractivity contribution in [1.29, 1.82) is 0 Å². The molecule has 0 N–H and O–H groups in total. The van der Waals surface area contributed by atoms with Gasteiger partial charge in [0, 0.05) is 76.7 Å². The van der Waals surface area contributed by atoms with Crippen LogP contribution in [0, 0.1) is 5.41 Å². The Labute approximate surface area is 400 Å². The summed E-state index contributed by atoms with van der Waals surface area (Å²) < 4.78 is 5.33. The Hall–Kier alpha value is -4.81. The number of fused-ring (bicyclic) bond motifs is 12. The van der Waals surface area contributed by atoms with Gasteiger partial charge in [-0.15, -0.1) is 0 Å². The van der Waals surface area contributed by atoms with Crippen molar-refractivity contribution < 1.29 is 0 Å². The third-order valence-electron chi connectivity index (χ3n) is 15.3. The van der Waals surface area contributed by atoms with Crippen LogP contribution in [-0.2, 0) is 26.1 Å². The van der Waals surface area contributed by atoms with Gasteiger partial charge in [-0.05, 0) is 143 Å². The predicted octanol–water partition coefficient (Wildman–Crippen LogP) is 17.8. The largest absolute Gasteiger partial charge is 0.314 e. The molecule has 5 aromatic carbocycles.